The number of anilines is 2. The molecule has 33 heavy (non-hydrogen) atoms. The van der Waals surface area contributed by atoms with Crippen LogP contribution in [0.3, 0.4) is 0 Å². The number of halogens is 2. The third-order valence-electron chi connectivity index (χ3n) is 4.68. The lowest BCUT2D eigenvalue weighted by Crippen LogP contribution is -2.45. The van der Waals surface area contributed by atoms with E-state index in [2.05, 4.69) is 10.6 Å². The van der Waals surface area contributed by atoms with Crippen molar-refractivity contribution in [1.82, 2.24) is 5.32 Å². The molecule has 8 nitrogen and oxygen atoms in total. The maximum atomic E-state index is 13.7. The molecule has 2 N–H and O–H groups in total. The van der Waals surface area contributed by atoms with E-state index in [4.69, 9.17) is 4.42 Å². The van der Waals surface area contributed by atoms with Crippen LogP contribution in [0.15, 0.2) is 65.3 Å². The number of sulfonamides is 1. The second-order valence-corrected chi connectivity index (χ2v) is 8.99. The van der Waals surface area contributed by atoms with Crippen LogP contribution in [0.1, 0.15) is 23.0 Å². The third kappa shape index (κ3) is 5.75. The van der Waals surface area contributed by atoms with Gasteiger partial charge in [0.1, 0.15) is 11.8 Å². The SMILES string of the molecule is C[C@H](C(=O)Nc1ccccc1C(=O)NCc1ccco1)N(c1ccc(F)c(F)c1)S(C)(=O)=O. The van der Waals surface area contributed by atoms with Crippen molar-refractivity contribution in [2.75, 3.05) is 15.9 Å². The van der Waals surface area contributed by atoms with Crippen LogP contribution in [0.5, 0.6) is 0 Å². The summed E-state index contributed by atoms with van der Waals surface area (Å²) in [6, 6.07) is 10.7. The molecule has 1 atom stereocenters. The Bertz CT molecular complexity index is 1260. The van der Waals surface area contributed by atoms with Gasteiger partial charge in [0.15, 0.2) is 11.6 Å². The first kappa shape index (κ1) is 23.9. The van der Waals surface area contributed by atoms with E-state index >= 15 is 0 Å². The Labute approximate surface area is 189 Å². The molecule has 0 bridgehead atoms. The highest BCUT2D eigenvalue weighted by molar-refractivity contribution is 7.92. The smallest absolute Gasteiger partial charge is 0.253 e. The van der Waals surface area contributed by atoms with E-state index in [-0.39, 0.29) is 23.5 Å². The standard InChI is InChI=1S/C22H21F2N3O5S/c1-14(27(33(2,30)31)15-9-10-18(23)19(24)12-15)21(28)26-20-8-4-3-7-17(20)22(29)25-13-16-6-5-11-32-16/h3-12,14H,13H2,1-2H3,(H,25,29)(H,26,28)/t14-/m1/s1. The van der Waals surface area contributed by atoms with Crippen LogP contribution in [0, 0.1) is 11.6 Å². The van der Waals surface area contributed by atoms with Gasteiger partial charge in [-0.05, 0) is 43.3 Å². The van der Waals surface area contributed by atoms with E-state index in [0.29, 0.717) is 16.1 Å². The zero-order valence-electron chi connectivity index (χ0n) is 17.7. The molecule has 0 saturated heterocycles. The summed E-state index contributed by atoms with van der Waals surface area (Å²) in [5, 5.41) is 5.20. The van der Waals surface area contributed by atoms with Crippen LogP contribution in [0.2, 0.25) is 0 Å². The topological polar surface area (TPSA) is 109 Å². The highest BCUT2D eigenvalue weighted by atomic mass is 32.2. The molecule has 174 valence electrons. The highest BCUT2D eigenvalue weighted by Gasteiger charge is 2.30. The van der Waals surface area contributed by atoms with Crippen molar-refractivity contribution in [3.8, 4) is 0 Å². The average Bonchev–Trinajstić information content (AvgIpc) is 3.27. The number of furan rings is 1. The van der Waals surface area contributed by atoms with Gasteiger partial charge in [0.05, 0.1) is 36.0 Å². The van der Waals surface area contributed by atoms with E-state index < -0.39 is 39.5 Å². The van der Waals surface area contributed by atoms with Crippen molar-refractivity contribution < 1.29 is 31.2 Å². The number of rotatable bonds is 8. The summed E-state index contributed by atoms with van der Waals surface area (Å²) in [5.74, 6) is -3.15. The summed E-state index contributed by atoms with van der Waals surface area (Å²) in [6.45, 7) is 1.42. The number of amides is 2. The van der Waals surface area contributed by atoms with Gasteiger partial charge < -0.3 is 15.1 Å². The minimum Gasteiger partial charge on any atom is -0.467 e. The van der Waals surface area contributed by atoms with Gasteiger partial charge in [-0.1, -0.05) is 12.1 Å². The van der Waals surface area contributed by atoms with Gasteiger partial charge in [0.2, 0.25) is 15.9 Å². The summed E-state index contributed by atoms with van der Waals surface area (Å²) in [5.41, 5.74) is 0.0666. The molecular weight excluding hydrogens is 456 g/mol. The molecule has 0 spiro atoms. The van der Waals surface area contributed by atoms with Crippen LogP contribution in [-0.4, -0.2) is 32.5 Å². The van der Waals surface area contributed by atoms with Gasteiger partial charge in [-0.3, -0.25) is 13.9 Å². The Hall–Kier alpha value is -3.73. The fourth-order valence-electron chi connectivity index (χ4n) is 3.13. The van der Waals surface area contributed by atoms with E-state index in [1.807, 2.05) is 0 Å². The van der Waals surface area contributed by atoms with Gasteiger partial charge in [-0.2, -0.15) is 0 Å². The minimum atomic E-state index is -4.05. The number of nitrogens with one attached hydrogen (secondary N) is 2. The monoisotopic (exact) mass is 477 g/mol. The Morgan fingerprint density at radius 1 is 1.06 bits per heavy atom. The predicted octanol–water partition coefficient (Wildman–Crippen LogP) is 3.28. The van der Waals surface area contributed by atoms with Crippen molar-refractivity contribution in [3.63, 3.8) is 0 Å². The molecule has 0 radical (unpaired) electrons. The summed E-state index contributed by atoms with van der Waals surface area (Å²) in [6.07, 6.45) is 2.31. The third-order valence-corrected chi connectivity index (χ3v) is 5.92. The van der Waals surface area contributed by atoms with Crippen LogP contribution >= 0.6 is 0 Å². The first-order valence-corrected chi connectivity index (χ1v) is 11.6. The lowest BCUT2D eigenvalue weighted by Gasteiger charge is -2.28. The van der Waals surface area contributed by atoms with E-state index in [1.165, 1.54) is 25.3 Å². The molecule has 0 aliphatic carbocycles. The van der Waals surface area contributed by atoms with E-state index in [9.17, 15) is 26.8 Å². The van der Waals surface area contributed by atoms with Crippen molar-refractivity contribution in [2.24, 2.45) is 0 Å². The minimum absolute atomic E-state index is 0.127. The maximum absolute atomic E-state index is 13.7. The van der Waals surface area contributed by atoms with E-state index in [1.54, 1.807) is 24.3 Å². The summed E-state index contributed by atoms with van der Waals surface area (Å²) in [4.78, 5) is 25.5. The zero-order valence-corrected chi connectivity index (χ0v) is 18.5. The Kier molecular flexibility index (Phi) is 7.12. The molecule has 0 aliphatic heterocycles. The molecule has 0 saturated carbocycles. The Balaban J connectivity index is 1.82. The van der Waals surface area contributed by atoms with Crippen molar-refractivity contribution in [1.29, 1.82) is 0 Å². The molecular formula is C22H21F2N3O5S. The highest BCUT2D eigenvalue weighted by Crippen LogP contribution is 2.24. The van der Waals surface area contributed by atoms with Gasteiger partial charge in [-0.25, -0.2) is 17.2 Å². The number of hydrogen-bond acceptors (Lipinski definition) is 5. The van der Waals surface area contributed by atoms with Crippen LogP contribution < -0.4 is 14.9 Å². The molecule has 0 aliphatic rings. The molecule has 0 unspecified atom stereocenters. The molecule has 1 aromatic heterocycles. The second-order valence-electron chi connectivity index (χ2n) is 7.13. The summed E-state index contributed by atoms with van der Waals surface area (Å²) >= 11 is 0. The number of nitrogens with zero attached hydrogens (tertiary/aromatic N) is 1. The van der Waals surface area contributed by atoms with Crippen molar-refractivity contribution >= 4 is 33.2 Å². The van der Waals surface area contributed by atoms with Crippen LogP contribution in [-0.2, 0) is 21.4 Å². The van der Waals surface area contributed by atoms with Crippen molar-refractivity contribution in [2.45, 2.75) is 19.5 Å². The largest absolute Gasteiger partial charge is 0.467 e. The quantitative estimate of drug-likeness (QED) is 0.518. The lowest BCUT2D eigenvalue weighted by molar-refractivity contribution is -0.116. The summed E-state index contributed by atoms with van der Waals surface area (Å²) < 4.78 is 57.6. The Morgan fingerprint density at radius 2 is 1.79 bits per heavy atom. The van der Waals surface area contributed by atoms with Crippen LogP contribution in [0.4, 0.5) is 20.2 Å². The van der Waals surface area contributed by atoms with Gasteiger partial charge in [-0.15, -0.1) is 0 Å². The molecule has 3 aromatic rings. The number of para-hydroxylation sites is 1. The van der Waals surface area contributed by atoms with Gasteiger partial charge in [0, 0.05) is 6.07 Å². The number of hydrogen-bond donors (Lipinski definition) is 2. The fourth-order valence-corrected chi connectivity index (χ4v) is 4.30. The second kappa shape index (κ2) is 9.82. The first-order valence-electron chi connectivity index (χ1n) is 9.73. The predicted molar refractivity (Wildman–Crippen MR) is 118 cm³/mol. The number of carbonyl (C=O) groups is 2. The first-order chi connectivity index (χ1) is 15.6. The molecule has 11 heteroatoms. The average molecular weight is 477 g/mol. The Morgan fingerprint density at radius 3 is 2.42 bits per heavy atom. The maximum Gasteiger partial charge on any atom is 0.253 e. The molecule has 0 fully saturated rings. The molecule has 2 amide bonds. The zero-order chi connectivity index (χ0) is 24.2. The molecule has 2 aromatic carbocycles. The lowest BCUT2D eigenvalue weighted by atomic mass is 10.1. The fraction of sp³-hybridized carbons (Fsp3) is 0.182. The molecule has 1 heterocycles. The van der Waals surface area contributed by atoms with Gasteiger partial charge >= 0.3 is 0 Å². The van der Waals surface area contributed by atoms with E-state index in [0.717, 1.165) is 18.4 Å². The number of benzene rings is 2. The van der Waals surface area contributed by atoms with Crippen LogP contribution in [0.25, 0.3) is 0 Å². The summed E-state index contributed by atoms with van der Waals surface area (Å²) in [7, 11) is -4.05. The normalized spacial score (nSPS) is 12.1. The van der Waals surface area contributed by atoms with Crippen molar-refractivity contribution in [3.05, 3.63) is 83.8 Å². The number of carbonyl (C=O) groups excluding carboxylic acids is 2. The van der Waals surface area contributed by atoms with Gasteiger partial charge in [0.25, 0.3) is 5.91 Å². The molecule has 3 rings (SSSR count).